The zero-order valence-corrected chi connectivity index (χ0v) is 11.6. The van der Waals surface area contributed by atoms with Gasteiger partial charge in [-0.3, -0.25) is 5.43 Å². The van der Waals surface area contributed by atoms with Crippen molar-refractivity contribution in [1.82, 2.24) is 5.43 Å². The Bertz CT molecular complexity index is 453. The molecule has 0 radical (unpaired) electrons. The number of nitrogens with two attached hydrogens (primary N) is 1. The minimum Gasteiger partial charge on any atom is -0.497 e. The number of anilines is 1. The second kappa shape index (κ2) is 6.43. The van der Waals surface area contributed by atoms with Crippen molar-refractivity contribution in [2.45, 2.75) is 38.6 Å². The van der Waals surface area contributed by atoms with Gasteiger partial charge in [0, 0.05) is 5.69 Å². The lowest BCUT2D eigenvalue weighted by Crippen LogP contribution is -2.37. The van der Waals surface area contributed by atoms with Gasteiger partial charge in [-0.2, -0.15) is 0 Å². The van der Waals surface area contributed by atoms with Gasteiger partial charge in [0.1, 0.15) is 5.75 Å². The number of methoxy groups -OCH3 is 1. The molecular formula is C14H22N4O. The van der Waals surface area contributed by atoms with E-state index in [4.69, 9.17) is 10.6 Å². The number of nitrogens with zero attached hydrogens (tertiary/aromatic N) is 1. The molecule has 19 heavy (non-hydrogen) atoms. The van der Waals surface area contributed by atoms with Crippen molar-refractivity contribution in [3.63, 3.8) is 0 Å². The molecule has 0 aromatic heterocycles. The van der Waals surface area contributed by atoms with Crippen LogP contribution in [0.25, 0.3) is 0 Å². The van der Waals surface area contributed by atoms with Crippen LogP contribution in [0, 0.1) is 6.92 Å². The maximum atomic E-state index is 5.54. The maximum Gasteiger partial charge on any atom is 0.210 e. The Hall–Kier alpha value is -1.75. The highest BCUT2D eigenvalue weighted by molar-refractivity contribution is 5.94. The average molecular weight is 262 g/mol. The van der Waals surface area contributed by atoms with Crippen LogP contribution in [-0.2, 0) is 0 Å². The van der Waals surface area contributed by atoms with Crippen molar-refractivity contribution in [2.24, 2.45) is 10.8 Å². The number of ether oxygens (including phenoxy) is 1. The summed E-state index contributed by atoms with van der Waals surface area (Å²) in [4.78, 5) is 4.61. The van der Waals surface area contributed by atoms with Gasteiger partial charge in [0.05, 0.1) is 13.2 Å². The summed E-state index contributed by atoms with van der Waals surface area (Å²) in [7, 11) is 1.66. The third-order valence-electron chi connectivity index (χ3n) is 3.46. The zero-order chi connectivity index (χ0) is 13.7. The topological polar surface area (TPSA) is 71.7 Å². The number of hydrogen-bond donors (Lipinski definition) is 3. The lowest BCUT2D eigenvalue weighted by Gasteiger charge is -2.14. The first-order valence-corrected chi connectivity index (χ1v) is 6.69. The number of nitrogens with one attached hydrogen (secondary N) is 2. The molecule has 0 atom stereocenters. The van der Waals surface area contributed by atoms with Gasteiger partial charge in [0.2, 0.25) is 5.96 Å². The van der Waals surface area contributed by atoms with Gasteiger partial charge in [0.25, 0.3) is 0 Å². The Labute approximate surface area is 114 Å². The highest BCUT2D eigenvalue weighted by atomic mass is 16.5. The first kappa shape index (κ1) is 13.7. The van der Waals surface area contributed by atoms with Crippen molar-refractivity contribution in [3.05, 3.63) is 23.8 Å². The summed E-state index contributed by atoms with van der Waals surface area (Å²) >= 11 is 0. The van der Waals surface area contributed by atoms with Crippen LogP contribution in [0.2, 0.25) is 0 Å². The minimum absolute atomic E-state index is 0.386. The van der Waals surface area contributed by atoms with E-state index in [0.29, 0.717) is 12.0 Å². The fourth-order valence-electron chi connectivity index (χ4n) is 2.35. The molecule has 4 N–H and O–H groups in total. The molecule has 0 amide bonds. The predicted octanol–water partition coefficient (Wildman–Crippen LogP) is 2.18. The largest absolute Gasteiger partial charge is 0.497 e. The molecule has 0 heterocycles. The summed E-state index contributed by atoms with van der Waals surface area (Å²) in [5, 5.41) is 3.23. The molecule has 2 rings (SSSR count). The predicted molar refractivity (Wildman–Crippen MR) is 78.4 cm³/mol. The monoisotopic (exact) mass is 262 g/mol. The summed E-state index contributed by atoms with van der Waals surface area (Å²) in [6.07, 6.45) is 4.81. The molecule has 1 fully saturated rings. The third-order valence-corrected chi connectivity index (χ3v) is 3.46. The fraction of sp³-hybridized carbons (Fsp3) is 0.500. The quantitative estimate of drug-likeness (QED) is 0.338. The SMILES string of the molecule is COc1ccc(NC(=NC2CCCC2)NN)c(C)c1. The summed E-state index contributed by atoms with van der Waals surface area (Å²) in [6.45, 7) is 2.02. The van der Waals surface area contributed by atoms with E-state index in [2.05, 4.69) is 15.7 Å². The summed E-state index contributed by atoms with van der Waals surface area (Å²) in [6, 6.07) is 6.25. The van der Waals surface area contributed by atoms with Crippen LogP contribution in [0.4, 0.5) is 5.69 Å². The Morgan fingerprint density at radius 2 is 2.11 bits per heavy atom. The number of aliphatic imine (C=N–C) groups is 1. The van der Waals surface area contributed by atoms with Crippen LogP contribution in [0.5, 0.6) is 5.75 Å². The highest BCUT2D eigenvalue weighted by Crippen LogP contribution is 2.23. The molecule has 0 aliphatic heterocycles. The van der Waals surface area contributed by atoms with Crippen LogP contribution < -0.4 is 21.3 Å². The first-order chi connectivity index (χ1) is 9.22. The van der Waals surface area contributed by atoms with Gasteiger partial charge < -0.3 is 10.1 Å². The van der Waals surface area contributed by atoms with Gasteiger partial charge in [0.15, 0.2) is 0 Å². The van der Waals surface area contributed by atoms with Gasteiger partial charge in [-0.05, 0) is 43.5 Å². The third kappa shape index (κ3) is 3.61. The molecule has 1 aromatic carbocycles. The fourth-order valence-corrected chi connectivity index (χ4v) is 2.35. The number of hydrogen-bond acceptors (Lipinski definition) is 3. The number of aryl methyl sites for hydroxylation is 1. The van der Waals surface area contributed by atoms with Crippen LogP contribution in [0.3, 0.4) is 0 Å². The Balaban J connectivity index is 2.09. The number of hydrazine groups is 1. The van der Waals surface area contributed by atoms with Crippen molar-refractivity contribution in [3.8, 4) is 5.75 Å². The van der Waals surface area contributed by atoms with Crippen LogP contribution in [0.15, 0.2) is 23.2 Å². The molecule has 1 aliphatic rings. The van der Waals surface area contributed by atoms with E-state index < -0.39 is 0 Å². The van der Waals surface area contributed by atoms with E-state index in [1.54, 1.807) is 7.11 Å². The van der Waals surface area contributed by atoms with Crippen LogP contribution in [-0.4, -0.2) is 19.1 Å². The van der Waals surface area contributed by atoms with Crippen LogP contribution in [0.1, 0.15) is 31.2 Å². The summed E-state index contributed by atoms with van der Waals surface area (Å²) in [5.74, 6) is 7.01. The van der Waals surface area contributed by atoms with E-state index in [1.807, 2.05) is 25.1 Å². The lowest BCUT2D eigenvalue weighted by atomic mass is 10.2. The molecule has 1 saturated carbocycles. The molecule has 104 valence electrons. The van der Waals surface area contributed by atoms with Gasteiger partial charge in [-0.1, -0.05) is 12.8 Å². The lowest BCUT2D eigenvalue weighted by molar-refractivity contribution is 0.414. The molecule has 0 spiro atoms. The molecule has 5 nitrogen and oxygen atoms in total. The molecular weight excluding hydrogens is 240 g/mol. The van der Waals surface area contributed by atoms with E-state index in [1.165, 1.54) is 12.8 Å². The highest BCUT2D eigenvalue weighted by Gasteiger charge is 2.14. The molecule has 5 heteroatoms. The molecule has 1 aromatic rings. The Morgan fingerprint density at radius 3 is 2.68 bits per heavy atom. The maximum absolute atomic E-state index is 5.54. The minimum atomic E-state index is 0.386. The zero-order valence-electron chi connectivity index (χ0n) is 11.6. The van der Waals surface area contributed by atoms with Gasteiger partial charge in [-0.25, -0.2) is 10.8 Å². The van der Waals surface area contributed by atoms with Crippen molar-refractivity contribution in [1.29, 1.82) is 0 Å². The second-order valence-electron chi connectivity index (χ2n) is 4.87. The Kier molecular flexibility index (Phi) is 4.63. The smallest absolute Gasteiger partial charge is 0.210 e. The second-order valence-corrected chi connectivity index (χ2v) is 4.87. The van der Waals surface area contributed by atoms with Crippen molar-refractivity contribution in [2.75, 3.05) is 12.4 Å². The summed E-state index contributed by atoms with van der Waals surface area (Å²) in [5.41, 5.74) is 4.71. The van der Waals surface area contributed by atoms with E-state index in [-0.39, 0.29) is 0 Å². The van der Waals surface area contributed by atoms with Gasteiger partial charge >= 0.3 is 0 Å². The Morgan fingerprint density at radius 1 is 1.37 bits per heavy atom. The van der Waals surface area contributed by atoms with Crippen LogP contribution >= 0.6 is 0 Å². The number of guanidine groups is 1. The number of benzene rings is 1. The molecule has 0 bridgehead atoms. The average Bonchev–Trinajstić information content (AvgIpc) is 2.92. The van der Waals surface area contributed by atoms with E-state index in [9.17, 15) is 0 Å². The van der Waals surface area contributed by atoms with Gasteiger partial charge in [-0.15, -0.1) is 0 Å². The molecule has 0 saturated heterocycles. The van der Waals surface area contributed by atoms with Crippen molar-refractivity contribution >= 4 is 11.6 Å². The normalized spacial score (nSPS) is 16.5. The first-order valence-electron chi connectivity index (χ1n) is 6.69. The molecule has 1 aliphatic carbocycles. The molecule has 0 unspecified atom stereocenters. The van der Waals surface area contributed by atoms with Crippen molar-refractivity contribution < 1.29 is 4.74 Å². The number of rotatable bonds is 3. The van der Waals surface area contributed by atoms with E-state index >= 15 is 0 Å². The standard InChI is InChI=1S/C14H22N4O/c1-10-9-12(19-2)7-8-13(10)17-14(18-15)16-11-5-3-4-6-11/h7-9,11H,3-6,15H2,1-2H3,(H2,16,17,18). The van der Waals surface area contributed by atoms with E-state index in [0.717, 1.165) is 29.8 Å². The summed E-state index contributed by atoms with van der Waals surface area (Å²) < 4.78 is 5.19.